The van der Waals surface area contributed by atoms with Gasteiger partial charge in [-0.25, -0.2) is 9.78 Å². The van der Waals surface area contributed by atoms with Gasteiger partial charge in [-0.3, -0.25) is 52.7 Å². The van der Waals surface area contributed by atoms with Crippen molar-refractivity contribution in [3.63, 3.8) is 0 Å². The number of aliphatic hydroxyl groups excluding tert-OH is 3. The minimum absolute atomic E-state index is 0.0587. The average molecular weight is 1190 g/mol. The summed E-state index contributed by atoms with van der Waals surface area (Å²) in [6.45, 7) is -4.56. The van der Waals surface area contributed by atoms with Gasteiger partial charge in [0.2, 0.25) is 53.2 Å². The Labute approximate surface area is 481 Å². The lowest BCUT2D eigenvalue weighted by molar-refractivity contribution is -0.144. The Morgan fingerprint density at radius 2 is 0.765 bits per heavy atom. The molecule has 4 aromatic rings. The van der Waals surface area contributed by atoms with Gasteiger partial charge >= 0.3 is 17.9 Å². The van der Waals surface area contributed by atoms with E-state index < -0.39 is 165 Å². The number of carboxylic acid groups (broad SMARTS) is 3. The van der Waals surface area contributed by atoms with Crippen LogP contribution in [0.3, 0.4) is 0 Å². The van der Waals surface area contributed by atoms with Crippen molar-refractivity contribution in [1.82, 2.24) is 57.8 Å². The van der Waals surface area contributed by atoms with Crippen molar-refractivity contribution in [2.45, 2.75) is 92.9 Å². The lowest BCUT2D eigenvalue weighted by atomic mass is 10.0. The lowest BCUT2D eigenvalue weighted by Crippen LogP contribution is -2.60. The summed E-state index contributed by atoms with van der Waals surface area (Å²) in [6, 6.07) is 0.175. The second-order valence-corrected chi connectivity index (χ2v) is 18.8. The lowest BCUT2D eigenvalue weighted by Gasteiger charge is -2.26. The van der Waals surface area contributed by atoms with Gasteiger partial charge in [0.25, 0.3) is 0 Å². The maximum Gasteiger partial charge on any atom is 0.326 e. The van der Waals surface area contributed by atoms with Crippen LogP contribution in [0, 0.1) is 0 Å². The molecule has 9 atom stereocenters. The molecule has 3 aromatic carbocycles. The monoisotopic (exact) mass is 1190 g/mol. The number of nitrogens with one attached hydrogen (secondary N) is 10. The molecule has 33 nitrogen and oxygen atoms in total. The highest BCUT2D eigenvalue weighted by molar-refractivity contribution is 5.99. The zero-order valence-corrected chi connectivity index (χ0v) is 44.8. The first-order chi connectivity index (χ1) is 40.3. The van der Waals surface area contributed by atoms with E-state index in [9.17, 15) is 103 Å². The van der Waals surface area contributed by atoms with Crippen LogP contribution < -0.4 is 53.6 Å². The molecule has 0 fully saturated rings. The van der Waals surface area contributed by atoms with Crippen molar-refractivity contribution >= 4 is 71.1 Å². The van der Waals surface area contributed by atoms with Crippen LogP contribution in [0.4, 0.5) is 0 Å². The van der Waals surface area contributed by atoms with Gasteiger partial charge in [-0.05, 0) is 59.5 Å². The van der Waals surface area contributed by atoms with Crippen LogP contribution in [0.1, 0.15) is 35.2 Å². The van der Waals surface area contributed by atoms with Crippen LogP contribution in [0.5, 0.6) is 17.2 Å². The number of aliphatic hydroxyl groups is 3. The summed E-state index contributed by atoms with van der Waals surface area (Å²) in [5.41, 5.74) is 7.44. The minimum Gasteiger partial charge on any atom is -0.508 e. The number of rotatable bonds is 34. The Balaban J connectivity index is 1.42. The number of phenols is 3. The third-order valence-corrected chi connectivity index (χ3v) is 12.3. The molecule has 0 bridgehead atoms. The van der Waals surface area contributed by atoms with Crippen LogP contribution >= 0.6 is 0 Å². The minimum atomic E-state index is -1.99. The highest BCUT2D eigenvalue weighted by atomic mass is 16.4. The summed E-state index contributed by atoms with van der Waals surface area (Å²) in [4.78, 5) is 163. The number of aromatic amines is 1. The van der Waals surface area contributed by atoms with Crippen LogP contribution in [0.25, 0.3) is 0 Å². The first kappa shape index (κ1) is 67.3. The molecular weight excluding hydrogens is 1130 g/mol. The van der Waals surface area contributed by atoms with E-state index in [1.165, 1.54) is 85.3 Å². The summed E-state index contributed by atoms with van der Waals surface area (Å²) < 4.78 is 0. The van der Waals surface area contributed by atoms with Gasteiger partial charge in [0.15, 0.2) is 0 Å². The Hall–Kier alpha value is -10.3. The third kappa shape index (κ3) is 22.6. The van der Waals surface area contributed by atoms with Crippen molar-refractivity contribution < 1.29 is 103 Å². The average Bonchev–Trinajstić information content (AvgIpc) is 3.99. The van der Waals surface area contributed by atoms with E-state index in [2.05, 4.69) is 41.9 Å². The van der Waals surface area contributed by atoms with Crippen LogP contribution in [-0.4, -0.2) is 208 Å². The number of carboxylic acids is 3. The number of imidazole rings is 1. The fourth-order valence-corrected chi connectivity index (χ4v) is 7.75. The van der Waals surface area contributed by atoms with Gasteiger partial charge < -0.3 is 105 Å². The molecule has 9 amide bonds. The van der Waals surface area contributed by atoms with E-state index in [0.29, 0.717) is 16.7 Å². The largest absolute Gasteiger partial charge is 0.508 e. The number of hydrogen-bond donors (Lipinski definition) is 20. The standard InChI is InChI=1S/C52H64N12O21/c53-32(13-25-1-7-29(68)8-2-25)44(76)58-35(17-42(72)73)48(80)60-34(16-28-19-54-24-56-28)47(79)59-33(14-26-3-9-30(69)10-4-26)46(78)63-38(21-65)45(77)55-20-41(71)57-39(22-66)50(82)64-40(23-67)51(83)61-36(18-43(74)75)49(81)62-37(52(84)85)15-27-5-11-31(70)12-6-27/h1-12,19,24,32-40,65-70H,13-18,20-23,53H2,(H,54,56)(H,55,77)(H,57,71)(H,58,76)(H,59,79)(H,60,80)(H,61,83)(H,62,81)(H,63,78)(H,64,82)(H,72,73)(H,74,75)(H,84,85)/t32-,33-,34-,35-,36-,37-,38-,39-,40-/m0/s1. The number of amides is 9. The van der Waals surface area contributed by atoms with Gasteiger partial charge in [-0.2, -0.15) is 0 Å². The Morgan fingerprint density at radius 3 is 1.18 bits per heavy atom. The van der Waals surface area contributed by atoms with Crippen molar-refractivity contribution in [2.24, 2.45) is 5.73 Å². The predicted octanol–water partition coefficient (Wildman–Crippen LogP) is -6.87. The van der Waals surface area contributed by atoms with Gasteiger partial charge in [-0.1, -0.05) is 36.4 Å². The molecule has 4 rings (SSSR count). The van der Waals surface area contributed by atoms with Gasteiger partial charge in [0.05, 0.1) is 51.6 Å². The zero-order chi connectivity index (χ0) is 62.9. The van der Waals surface area contributed by atoms with Gasteiger partial charge in [0, 0.05) is 31.2 Å². The number of aromatic nitrogens is 2. The molecule has 0 spiro atoms. The summed E-state index contributed by atoms with van der Waals surface area (Å²) in [6.07, 6.45) is -0.790. The molecule has 1 aromatic heterocycles. The van der Waals surface area contributed by atoms with Crippen molar-refractivity contribution in [3.05, 3.63) is 108 Å². The summed E-state index contributed by atoms with van der Waals surface area (Å²) in [5.74, 6) is -16.0. The van der Waals surface area contributed by atoms with E-state index >= 15 is 0 Å². The third-order valence-electron chi connectivity index (χ3n) is 12.3. The van der Waals surface area contributed by atoms with E-state index in [4.69, 9.17) is 5.73 Å². The van der Waals surface area contributed by atoms with E-state index in [-0.39, 0.29) is 48.6 Å². The van der Waals surface area contributed by atoms with Crippen LogP contribution in [0.15, 0.2) is 85.3 Å². The number of nitrogens with zero attached hydrogens (tertiary/aromatic N) is 1. The molecule has 1 heterocycles. The first-order valence-electron chi connectivity index (χ1n) is 25.5. The Bertz CT molecular complexity index is 2990. The van der Waals surface area contributed by atoms with Crippen molar-refractivity contribution in [1.29, 1.82) is 0 Å². The molecule has 0 saturated carbocycles. The second-order valence-electron chi connectivity index (χ2n) is 18.8. The van der Waals surface area contributed by atoms with Crippen LogP contribution in [-0.2, 0) is 83.2 Å². The number of phenolic OH excluding ortho intramolecular Hbond substituents is 3. The maximum absolute atomic E-state index is 14.2. The zero-order valence-electron chi connectivity index (χ0n) is 44.8. The molecule has 0 saturated heterocycles. The first-order valence-corrected chi connectivity index (χ1v) is 25.5. The normalized spacial score (nSPS) is 14.1. The number of benzene rings is 3. The van der Waals surface area contributed by atoms with Crippen molar-refractivity contribution in [3.8, 4) is 17.2 Å². The second kappa shape index (κ2) is 33.0. The summed E-state index contributed by atoms with van der Waals surface area (Å²) in [5, 5.41) is 107. The number of carbonyl (C=O) groups excluding carboxylic acids is 9. The highest BCUT2D eigenvalue weighted by Gasteiger charge is 2.35. The van der Waals surface area contributed by atoms with E-state index in [0.717, 1.165) is 0 Å². The SMILES string of the molecule is N[C@@H](Cc1ccc(O)cc1)C(=O)N[C@@H](CC(=O)O)C(=O)N[C@@H](Cc1cnc[nH]1)C(=O)N[C@@H](Cc1ccc(O)cc1)C(=O)N[C@@H](CO)C(=O)NCC(=O)N[C@@H](CO)C(=O)N[C@@H](CO)C(=O)N[C@@H](CC(=O)O)C(=O)N[C@@H](Cc1ccc(O)cc1)C(=O)O. The Kier molecular flexibility index (Phi) is 26.1. The molecular formula is C52H64N12O21. The number of hydrogen-bond acceptors (Lipinski definition) is 20. The Morgan fingerprint density at radius 1 is 0.424 bits per heavy atom. The van der Waals surface area contributed by atoms with Crippen molar-refractivity contribution in [2.75, 3.05) is 26.4 Å². The number of H-pyrrole nitrogens is 1. The number of aromatic hydroxyl groups is 3. The maximum atomic E-state index is 14.2. The fourth-order valence-electron chi connectivity index (χ4n) is 7.75. The quantitative estimate of drug-likeness (QED) is 0.0207. The van der Waals surface area contributed by atoms with E-state index in [1.54, 1.807) is 0 Å². The van der Waals surface area contributed by atoms with Gasteiger partial charge in [-0.15, -0.1) is 0 Å². The fraction of sp³-hybridized carbons (Fsp3) is 0.365. The topological polar surface area (TPSA) is 550 Å². The van der Waals surface area contributed by atoms with Crippen LogP contribution in [0.2, 0.25) is 0 Å². The van der Waals surface area contributed by atoms with Gasteiger partial charge in [0.1, 0.15) is 65.6 Å². The molecule has 21 N–H and O–H groups in total. The molecule has 458 valence electrons. The molecule has 85 heavy (non-hydrogen) atoms. The molecule has 0 unspecified atom stereocenters. The smallest absolute Gasteiger partial charge is 0.326 e. The molecule has 0 aliphatic rings. The number of carbonyl (C=O) groups is 12. The predicted molar refractivity (Wildman–Crippen MR) is 288 cm³/mol. The number of aliphatic carboxylic acids is 3. The summed E-state index contributed by atoms with van der Waals surface area (Å²) >= 11 is 0. The molecule has 0 radical (unpaired) electrons. The molecule has 0 aliphatic carbocycles. The number of nitrogens with two attached hydrogens (primary N) is 1. The highest BCUT2D eigenvalue weighted by Crippen LogP contribution is 2.15. The van der Waals surface area contributed by atoms with E-state index in [1.807, 2.05) is 16.0 Å². The molecule has 33 heteroatoms. The summed E-state index contributed by atoms with van der Waals surface area (Å²) in [7, 11) is 0. The molecule has 0 aliphatic heterocycles.